The smallest absolute Gasteiger partial charge is 0.261 e. The van der Waals surface area contributed by atoms with Gasteiger partial charge in [-0.2, -0.15) is 0 Å². The Morgan fingerprint density at radius 3 is 2.60 bits per heavy atom. The van der Waals surface area contributed by atoms with Crippen molar-refractivity contribution in [1.29, 1.82) is 0 Å². The molecule has 0 spiro atoms. The van der Waals surface area contributed by atoms with Gasteiger partial charge in [0.15, 0.2) is 0 Å². The second kappa shape index (κ2) is 6.19. The summed E-state index contributed by atoms with van der Waals surface area (Å²) in [5.74, 6) is -0.346. The fourth-order valence-electron chi connectivity index (χ4n) is 2.08. The van der Waals surface area contributed by atoms with Gasteiger partial charge in [0.05, 0.1) is 0 Å². The minimum Gasteiger partial charge on any atom is -0.348 e. The molecular weight excluding hydrogens is 252 g/mol. The largest absolute Gasteiger partial charge is 0.348 e. The van der Waals surface area contributed by atoms with Crippen molar-refractivity contribution in [2.24, 2.45) is 0 Å². The SMILES string of the molecule is CCc1[nH]c(=O)c(C(=O)NCc2ccccc2)cc1C. The van der Waals surface area contributed by atoms with Gasteiger partial charge in [0.1, 0.15) is 5.56 Å². The number of rotatable bonds is 4. The molecule has 4 heteroatoms. The minimum absolute atomic E-state index is 0.163. The number of hydrogen-bond donors (Lipinski definition) is 2. The van der Waals surface area contributed by atoms with Crippen molar-refractivity contribution >= 4 is 5.91 Å². The summed E-state index contributed by atoms with van der Waals surface area (Å²) < 4.78 is 0. The van der Waals surface area contributed by atoms with Crippen molar-refractivity contribution in [3.05, 3.63) is 69.1 Å². The highest BCUT2D eigenvalue weighted by atomic mass is 16.2. The summed E-state index contributed by atoms with van der Waals surface area (Å²) >= 11 is 0. The third-order valence-corrected chi connectivity index (χ3v) is 3.24. The number of benzene rings is 1. The first-order chi connectivity index (χ1) is 9.61. The molecule has 0 atom stereocenters. The van der Waals surface area contributed by atoms with E-state index in [2.05, 4.69) is 10.3 Å². The van der Waals surface area contributed by atoms with Crippen LogP contribution in [-0.4, -0.2) is 10.9 Å². The minimum atomic E-state index is -0.346. The zero-order valence-electron chi connectivity index (χ0n) is 11.7. The molecule has 2 N–H and O–H groups in total. The van der Waals surface area contributed by atoms with Gasteiger partial charge in [0, 0.05) is 12.2 Å². The van der Waals surface area contributed by atoms with Crippen LogP contribution in [0.5, 0.6) is 0 Å². The van der Waals surface area contributed by atoms with Gasteiger partial charge < -0.3 is 10.3 Å². The van der Waals surface area contributed by atoms with Crippen molar-refractivity contribution < 1.29 is 4.79 Å². The van der Waals surface area contributed by atoms with Gasteiger partial charge >= 0.3 is 0 Å². The lowest BCUT2D eigenvalue weighted by molar-refractivity contribution is 0.0949. The topological polar surface area (TPSA) is 62.0 Å². The maximum absolute atomic E-state index is 12.1. The van der Waals surface area contributed by atoms with E-state index < -0.39 is 0 Å². The molecule has 1 aromatic carbocycles. The van der Waals surface area contributed by atoms with Gasteiger partial charge in [0.2, 0.25) is 0 Å². The fourth-order valence-corrected chi connectivity index (χ4v) is 2.08. The van der Waals surface area contributed by atoms with Crippen LogP contribution in [0.15, 0.2) is 41.2 Å². The number of pyridine rings is 1. The number of aromatic nitrogens is 1. The van der Waals surface area contributed by atoms with E-state index in [1.165, 1.54) is 0 Å². The summed E-state index contributed by atoms with van der Waals surface area (Å²) in [4.78, 5) is 26.7. The molecule has 104 valence electrons. The molecule has 2 aromatic rings. The lowest BCUT2D eigenvalue weighted by Crippen LogP contribution is -2.30. The number of carbonyl (C=O) groups excluding carboxylic acids is 1. The molecule has 0 aliphatic rings. The standard InChI is InChI=1S/C16H18N2O2/c1-3-14-11(2)9-13(16(20)18-14)15(19)17-10-12-7-5-4-6-8-12/h4-9H,3,10H2,1-2H3,(H,17,19)(H,18,20). The lowest BCUT2D eigenvalue weighted by Gasteiger charge is -2.08. The predicted molar refractivity (Wildman–Crippen MR) is 78.8 cm³/mol. The molecule has 0 unspecified atom stereocenters. The van der Waals surface area contributed by atoms with Crippen molar-refractivity contribution in [3.8, 4) is 0 Å². The highest BCUT2D eigenvalue weighted by Gasteiger charge is 2.12. The number of carbonyl (C=O) groups is 1. The Labute approximate surface area is 117 Å². The van der Waals surface area contributed by atoms with Gasteiger partial charge in [-0.3, -0.25) is 9.59 Å². The van der Waals surface area contributed by atoms with Crippen molar-refractivity contribution in [2.75, 3.05) is 0 Å². The second-order valence-electron chi connectivity index (χ2n) is 4.70. The van der Waals surface area contributed by atoms with Gasteiger partial charge in [-0.25, -0.2) is 0 Å². The molecule has 1 amide bonds. The van der Waals surface area contributed by atoms with E-state index in [-0.39, 0.29) is 17.0 Å². The van der Waals surface area contributed by atoms with Crippen molar-refractivity contribution in [2.45, 2.75) is 26.8 Å². The van der Waals surface area contributed by atoms with E-state index in [0.29, 0.717) is 6.54 Å². The number of aromatic amines is 1. The van der Waals surface area contributed by atoms with Gasteiger partial charge in [-0.1, -0.05) is 37.3 Å². The van der Waals surface area contributed by atoms with Crippen LogP contribution in [0.25, 0.3) is 0 Å². The van der Waals surface area contributed by atoms with Crippen molar-refractivity contribution in [3.63, 3.8) is 0 Å². The van der Waals surface area contributed by atoms with Gasteiger partial charge in [-0.05, 0) is 30.5 Å². The summed E-state index contributed by atoms with van der Waals surface area (Å²) in [7, 11) is 0. The molecule has 0 fully saturated rings. The van der Waals surface area contributed by atoms with E-state index >= 15 is 0 Å². The number of hydrogen-bond acceptors (Lipinski definition) is 2. The predicted octanol–water partition coefficient (Wildman–Crippen LogP) is 2.18. The summed E-state index contributed by atoms with van der Waals surface area (Å²) in [5.41, 5.74) is 2.62. The van der Waals surface area contributed by atoms with Crippen LogP contribution in [0.4, 0.5) is 0 Å². The molecule has 20 heavy (non-hydrogen) atoms. The Bertz CT molecular complexity index is 660. The lowest BCUT2D eigenvalue weighted by atomic mass is 10.1. The summed E-state index contributed by atoms with van der Waals surface area (Å²) in [5, 5.41) is 2.76. The Morgan fingerprint density at radius 1 is 1.25 bits per heavy atom. The van der Waals surface area contributed by atoms with E-state index in [4.69, 9.17) is 0 Å². The van der Waals surface area contributed by atoms with Crippen LogP contribution in [0, 0.1) is 6.92 Å². The number of amides is 1. The van der Waals surface area contributed by atoms with Crippen LogP contribution in [0.3, 0.4) is 0 Å². The zero-order valence-corrected chi connectivity index (χ0v) is 11.7. The molecule has 1 aromatic heterocycles. The van der Waals surface area contributed by atoms with E-state index in [9.17, 15) is 9.59 Å². The number of nitrogens with one attached hydrogen (secondary N) is 2. The Hall–Kier alpha value is -2.36. The molecular formula is C16H18N2O2. The van der Waals surface area contributed by atoms with Crippen LogP contribution in [0.1, 0.15) is 34.1 Å². The van der Waals surface area contributed by atoms with Crippen LogP contribution >= 0.6 is 0 Å². The summed E-state index contributed by atoms with van der Waals surface area (Å²) in [6, 6.07) is 11.2. The average molecular weight is 270 g/mol. The third kappa shape index (κ3) is 3.15. The number of aryl methyl sites for hydroxylation is 2. The molecule has 1 heterocycles. The fraction of sp³-hybridized carbons (Fsp3) is 0.250. The monoisotopic (exact) mass is 270 g/mol. The molecule has 0 saturated heterocycles. The van der Waals surface area contributed by atoms with Gasteiger partial charge in [-0.15, -0.1) is 0 Å². The van der Waals surface area contributed by atoms with E-state index in [1.54, 1.807) is 6.07 Å². The normalized spacial score (nSPS) is 10.3. The van der Waals surface area contributed by atoms with Crippen molar-refractivity contribution in [1.82, 2.24) is 10.3 Å². The highest BCUT2D eigenvalue weighted by molar-refractivity contribution is 5.93. The molecule has 0 saturated carbocycles. The first-order valence-corrected chi connectivity index (χ1v) is 6.66. The van der Waals surface area contributed by atoms with Gasteiger partial charge in [0.25, 0.3) is 11.5 Å². The third-order valence-electron chi connectivity index (χ3n) is 3.24. The van der Waals surface area contributed by atoms with Crippen LogP contribution in [-0.2, 0) is 13.0 Å². The maximum atomic E-state index is 12.1. The Balaban J connectivity index is 2.14. The number of H-pyrrole nitrogens is 1. The van der Waals surface area contributed by atoms with Crippen LogP contribution < -0.4 is 10.9 Å². The molecule has 4 nitrogen and oxygen atoms in total. The first kappa shape index (κ1) is 14.1. The highest BCUT2D eigenvalue weighted by Crippen LogP contribution is 2.05. The Kier molecular flexibility index (Phi) is 4.35. The Morgan fingerprint density at radius 2 is 1.95 bits per heavy atom. The maximum Gasteiger partial charge on any atom is 0.261 e. The average Bonchev–Trinajstić information content (AvgIpc) is 2.47. The van der Waals surface area contributed by atoms with Crippen LogP contribution in [0.2, 0.25) is 0 Å². The zero-order chi connectivity index (χ0) is 14.5. The first-order valence-electron chi connectivity index (χ1n) is 6.66. The molecule has 2 rings (SSSR count). The molecule has 0 aliphatic heterocycles. The molecule has 0 bridgehead atoms. The van der Waals surface area contributed by atoms with E-state index in [0.717, 1.165) is 23.2 Å². The molecule has 0 radical (unpaired) electrons. The quantitative estimate of drug-likeness (QED) is 0.894. The summed E-state index contributed by atoms with van der Waals surface area (Å²) in [6.07, 6.45) is 0.743. The summed E-state index contributed by atoms with van der Waals surface area (Å²) in [6.45, 7) is 4.27. The molecule has 0 aliphatic carbocycles. The second-order valence-corrected chi connectivity index (χ2v) is 4.70. The van der Waals surface area contributed by atoms with E-state index in [1.807, 2.05) is 44.2 Å².